The van der Waals surface area contributed by atoms with Gasteiger partial charge in [0.15, 0.2) is 18.1 Å². The van der Waals surface area contributed by atoms with Crippen molar-refractivity contribution < 1.29 is 19.1 Å². The summed E-state index contributed by atoms with van der Waals surface area (Å²) in [6.45, 7) is 7.87. The van der Waals surface area contributed by atoms with Crippen LogP contribution in [-0.2, 0) is 9.59 Å². The molecule has 6 nitrogen and oxygen atoms in total. The van der Waals surface area contributed by atoms with Crippen LogP contribution in [-0.4, -0.2) is 49.6 Å². The zero-order valence-corrected chi connectivity index (χ0v) is 14.5. The van der Waals surface area contributed by atoms with Gasteiger partial charge in [-0.25, -0.2) is 0 Å². The van der Waals surface area contributed by atoms with Crippen molar-refractivity contribution in [1.82, 2.24) is 10.2 Å². The molecule has 0 bridgehead atoms. The number of nitrogens with zero attached hydrogens (tertiary/aromatic N) is 1. The number of hydrogen-bond donors (Lipinski definition) is 1. The number of carbonyl (C=O) groups excluding carboxylic acids is 2. The molecule has 128 valence electrons. The van der Waals surface area contributed by atoms with Crippen LogP contribution >= 0.6 is 0 Å². The summed E-state index contributed by atoms with van der Waals surface area (Å²) in [6.07, 6.45) is 0. The third kappa shape index (κ3) is 6.18. The van der Waals surface area contributed by atoms with Gasteiger partial charge in [0.2, 0.25) is 5.91 Å². The van der Waals surface area contributed by atoms with E-state index in [9.17, 15) is 9.59 Å². The van der Waals surface area contributed by atoms with Crippen LogP contribution < -0.4 is 14.8 Å². The topological polar surface area (TPSA) is 67.9 Å². The summed E-state index contributed by atoms with van der Waals surface area (Å²) >= 11 is 0. The molecule has 0 aliphatic carbocycles. The van der Waals surface area contributed by atoms with Crippen molar-refractivity contribution in [3.63, 3.8) is 0 Å². The van der Waals surface area contributed by atoms with Gasteiger partial charge in [-0.05, 0) is 45.4 Å². The zero-order chi connectivity index (χ0) is 17.4. The average Bonchev–Trinajstić information content (AvgIpc) is 2.50. The standard InChI is InChI=1S/C17H26N2O4/c1-6-19(10-16(20)18-12(2)3)17(21)11-23-14-8-7-13(4)9-15(14)22-5/h7-9,12H,6,10-11H2,1-5H3,(H,18,20). The van der Waals surface area contributed by atoms with Gasteiger partial charge in [0, 0.05) is 12.6 Å². The van der Waals surface area contributed by atoms with Crippen molar-refractivity contribution >= 4 is 11.8 Å². The lowest BCUT2D eigenvalue weighted by atomic mass is 10.2. The number of rotatable bonds is 8. The molecule has 0 fully saturated rings. The van der Waals surface area contributed by atoms with E-state index in [4.69, 9.17) is 9.47 Å². The Kier molecular flexibility index (Phi) is 7.38. The molecule has 1 N–H and O–H groups in total. The lowest BCUT2D eigenvalue weighted by Crippen LogP contribution is -2.44. The van der Waals surface area contributed by atoms with Crippen LogP contribution in [0.3, 0.4) is 0 Å². The molecule has 0 aliphatic rings. The fourth-order valence-electron chi connectivity index (χ4n) is 2.04. The number of amides is 2. The first-order valence-corrected chi connectivity index (χ1v) is 7.72. The van der Waals surface area contributed by atoms with Crippen LogP contribution in [0.4, 0.5) is 0 Å². The predicted molar refractivity (Wildman–Crippen MR) is 88.8 cm³/mol. The maximum atomic E-state index is 12.2. The number of hydrogen-bond acceptors (Lipinski definition) is 4. The van der Waals surface area contributed by atoms with Crippen LogP contribution in [0, 0.1) is 6.92 Å². The Balaban J connectivity index is 2.62. The maximum absolute atomic E-state index is 12.2. The molecule has 1 aromatic rings. The fourth-order valence-corrected chi connectivity index (χ4v) is 2.04. The summed E-state index contributed by atoms with van der Waals surface area (Å²) in [7, 11) is 1.55. The van der Waals surface area contributed by atoms with Crippen molar-refractivity contribution in [2.45, 2.75) is 33.7 Å². The quantitative estimate of drug-likeness (QED) is 0.792. The number of ether oxygens (including phenoxy) is 2. The van der Waals surface area contributed by atoms with Crippen LogP contribution in [0.1, 0.15) is 26.3 Å². The monoisotopic (exact) mass is 322 g/mol. The van der Waals surface area contributed by atoms with Crippen LogP contribution in [0.5, 0.6) is 11.5 Å². The highest BCUT2D eigenvalue weighted by molar-refractivity contribution is 5.85. The summed E-state index contributed by atoms with van der Waals surface area (Å²) in [5.74, 6) is 0.671. The summed E-state index contributed by atoms with van der Waals surface area (Å²) < 4.78 is 10.8. The van der Waals surface area contributed by atoms with Crippen molar-refractivity contribution in [2.24, 2.45) is 0 Å². The minimum absolute atomic E-state index is 0.0297. The van der Waals surface area contributed by atoms with E-state index in [0.717, 1.165) is 5.56 Å². The second-order valence-electron chi connectivity index (χ2n) is 5.57. The van der Waals surface area contributed by atoms with E-state index in [-0.39, 0.29) is 31.0 Å². The van der Waals surface area contributed by atoms with Gasteiger partial charge in [-0.2, -0.15) is 0 Å². The van der Waals surface area contributed by atoms with E-state index in [1.165, 1.54) is 4.90 Å². The molecular formula is C17H26N2O4. The number of nitrogens with one attached hydrogen (secondary N) is 1. The molecule has 2 amide bonds. The van der Waals surface area contributed by atoms with Gasteiger partial charge in [-0.15, -0.1) is 0 Å². The molecule has 0 aliphatic heterocycles. The Morgan fingerprint density at radius 3 is 2.52 bits per heavy atom. The Labute approximate surface area is 137 Å². The van der Waals surface area contributed by atoms with Crippen molar-refractivity contribution in [2.75, 3.05) is 26.8 Å². The molecular weight excluding hydrogens is 296 g/mol. The highest BCUT2D eigenvalue weighted by Gasteiger charge is 2.17. The van der Waals surface area contributed by atoms with E-state index < -0.39 is 0 Å². The molecule has 0 spiro atoms. The molecule has 0 saturated carbocycles. The Morgan fingerprint density at radius 1 is 1.26 bits per heavy atom. The second-order valence-corrected chi connectivity index (χ2v) is 5.57. The number of methoxy groups -OCH3 is 1. The smallest absolute Gasteiger partial charge is 0.260 e. The van der Waals surface area contributed by atoms with E-state index in [0.29, 0.717) is 18.0 Å². The van der Waals surface area contributed by atoms with E-state index in [1.807, 2.05) is 39.8 Å². The first-order valence-electron chi connectivity index (χ1n) is 7.72. The molecule has 0 saturated heterocycles. The minimum Gasteiger partial charge on any atom is -0.493 e. The number of aryl methyl sites for hydroxylation is 1. The van der Waals surface area contributed by atoms with E-state index in [2.05, 4.69) is 5.32 Å². The summed E-state index contributed by atoms with van der Waals surface area (Å²) in [5, 5.41) is 2.77. The Morgan fingerprint density at radius 2 is 1.96 bits per heavy atom. The molecule has 1 aromatic carbocycles. The normalized spacial score (nSPS) is 10.3. The summed E-state index contributed by atoms with van der Waals surface area (Å²) in [6, 6.07) is 5.54. The van der Waals surface area contributed by atoms with Crippen LogP contribution in [0.2, 0.25) is 0 Å². The summed E-state index contributed by atoms with van der Waals surface area (Å²) in [4.78, 5) is 25.4. The highest BCUT2D eigenvalue weighted by atomic mass is 16.5. The predicted octanol–water partition coefficient (Wildman–Crippen LogP) is 1.76. The third-order valence-electron chi connectivity index (χ3n) is 3.19. The summed E-state index contributed by atoms with van der Waals surface area (Å²) in [5.41, 5.74) is 1.04. The first kappa shape index (κ1) is 18.8. The second kappa shape index (κ2) is 9.02. The minimum atomic E-state index is -0.242. The Bertz CT molecular complexity index is 543. The van der Waals surface area contributed by atoms with Gasteiger partial charge in [0.1, 0.15) is 0 Å². The molecule has 0 radical (unpaired) electrons. The van der Waals surface area contributed by atoms with Crippen molar-refractivity contribution in [3.8, 4) is 11.5 Å². The molecule has 0 unspecified atom stereocenters. The Hall–Kier alpha value is -2.24. The maximum Gasteiger partial charge on any atom is 0.260 e. The van der Waals surface area contributed by atoms with Crippen LogP contribution in [0.15, 0.2) is 18.2 Å². The average molecular weight is 322 g/mol. The molecule has 6 heteroatoms. The van der Waals surface area contributed by atoms with Gasteiger partial charge in [0.25, 0.3) is 5.91 Å². The first-order chi connectivity index (χ1) is 10.9. The largest absolute Gasteiger partial charge is 0.493 e. The molecule has 1 rings (SSSR count). The number of carbonyl (C=O) groups is 2. The van der Waals surface area contributed by atoms with Crippen molar-refractivity contribution in [3.05, 3.63) is 23.8 Å². The molecule has 0 heterocycles. The van der Waals surface area contributed by atoms with Gasteiger partial charge in [-0.1, -0.05) is 6.07 Å². The van der Waals surface area contributed by atoms with Crippen LogP contribution in [0.25, 0.3) is 0 Å². The third-order valence-corrected chi connectivity index (χ3v) is 3.19. The lowest BCUT2D eigenvalue weighted by molar-refractivity contribution is -0.137. The fraction of sp³-hybridized carbons (Fsp3) is 0.529. The van der Waals surface area contributed by atoms with Gasteiger partial charge >= 0.3 is 0 Å². The van der Waals surface area contributed by atoms with E-state index >= 15 is 0 Å². The van der Waals surface area contributed by atoms with Gasteiger partial charge in [0.05, 0.1) is 13.7 Å². The van der Waals surface area contributed by atoms with E-state index in [1.54, 1.807) is 13.2 Å². The zero-order valence-electron chi connectivity index (χ0n) is 14.5. The lowest BCUT2D eigenvalue weighted by Gasteiger charge is -2.21. The van der Waals surface area contributed by atoms with Gasteiger partial charge in [-0.3, -0.25) is 9.59 Å². The highest BCUT2D eigenvalue weighted by Crippen LogP contribution is 2.27. The number of likely N-dealkylation sites (N-methyl/N-ethyl adjacent to an activating group) is 1. The van der Waals surface area contributed by atoms with Crippen molar-refractivity contribution in [1.29, 1.82) is 0 Å². The van der Waals surface area contributed by atoms with Gasteiger partial charge < -0.3 is 19.7 Å². The molecule has 23 heavy (non-hydrogen) atoms. The molecule has 0 atom stereocenters. The SMILES string of the molecule is CCN(CC(=O)NC(C)C)C(=O)COc1ccc(C)cc1OC. The molecule has 0 aromatic heterocycles. The number of benzene rings is 1.